The van der Waals surface area contributed by atoms with Gasteiger partial charge in [-0.15, -0.1) is 0 Å². The molecule has 0 fully saturated rings. The molecular formula is C21H22O7. The molecular weight excluding hydrogens is 364 g/mol. The third kappa shape index (κ3) is 5.65. The largest absolute Gasteiger partial charge is 0.513 e. The Morgan fingerprint density at radius 2 is 1.50 bits per heavy atom. The Kier molecular flexibility index (Phi) is 8.17. The lowest BCUT2D eigenvalue weighted by Crippen LogP contribution is -2.15. The summed E-state index contributed by atoms with van der Waals surface area (Å²) in [5.74, 6) is -1.61. The number of benzene rings is 2. The van der Waals surface area contributed by atoms with Crippen LogP contribution in [0.4, 0.5) is 4.79 Å². The summed E-state index contributed by atoms with van der Waals surface area (Å²) >= 11 is 0. The van der Waals surface area contributed by atoms with Gasteiger partial charge in [-0.05, 0) is 24.6 Å². The van der Waals surface area contributed by atoms with E-state index in [1.165, 1.54) is 30.3 Å². The van der Waals surface area contributed by atoms with Gasteiger partial charge in [-0.1, -0.05) is 56.5 Å². The number of carbonyl (C=O) groups excluding carboxylic acids is 3. The highest BCUT2D eigenvalue weighted by molar-refractivity contribution is 6.15. The predicted molar refractivity (Wildman–Crippen MR) is 100 cm³/mol. The van der Waals surface area contributed by atoms with E-state index in [4.69, 9.17) is 14.7 Å². The van der Waals surface area contributed by atoms with Gasteiger partial charge in [0.2, 0.25) is 0 Å². The van der Waals surface area contributed by atoms with Crippen molar-refractivity contribution in [1.82, 2.24) is 0 Å². The van der Waals surface area contributed by atoms with Crippen LogP contribution in [0, 0.1) is 0 Å². The molecule has 0 unspecified atom stereocenters. The van der Waals surface area contributed by atoms with Gasteiger partial charge in [0.05, 0.1) is 17.7 Å². The first-order valence-corrected chi connectivity index (χ1v) is 9.01. The Hall–Kier alpha value is -3.19. The van der Waals surface area contributed by atoms with Gasteiger partial charge in [0.15, 0.2) is 5.78 Å². The highest BCUT2D eigenvalue weighted by Crippen LogP contribution is 2.24. The van der Waals surface area contributed by atoms with Crippen molar-refractivity contribution >= 4 is 17.9 Å². The molecule has 0 aromatic heterocycles. The lowest BCUT2D eigenvalue weighted by Gasteiger charge is -2.11. The van der Waals surface area contributed by atoms with Crippen molar-refractivity contribution in [3.05, 3.63) is 65.2 Å². The molecule has 0 aliphatic heterocycles. The zero-order valence-electron chi connectivity index (χ0n) is 15.6. The van der Waals surface area contributed by atoms with E-state index in [2.05, 4.69) is 11.8 Å². The van der Waals surface area contributed by atoms with Gasteiger partial charge in [0, 0.05) is 5.56 Å². The van der Waals surface area contributed by atoms with E-state index in [0.29, 0.717) is 0 Å². The first-order valence-electron chi connectivity index (χ1n) is 9.01. The fraction of sp³-hybridized carbons (Fsp3) is 0.286. The van der Waals surface area contributed by atoms with Crippen LogP contribution in [0.5, 0.6) is 5.75 Å². The Bertz CT molecular complexity index is 829. The van der Waals surface area contributed by atoms with Crippen molar-refractivity contribution in [3.63, 3.8) is 0 Å². The van der Waals surface area contributed by atoms with Crippen LogP contribution in [-0.4, -0.2) is 29.8 Å². The van der Waals surface area contributed by atoms with Crippen molar-refractivity contribution in [2.75, 3.05) is 6.61 Å². The molecule has 2 aromatic carbocycles. The van der Waals surface area contributed by atoms with Crippen molar-refractivity contribution in [3.8, 4) is 5.75 Å². The molecule has 1 N–H and O–H groups in total. The monoisotopic (exact) mass is 386 g/mol. The number of carbonyl (C=O) groups is 3. The smallest absolute Gasteiger partial charge is 0.434 e. The van der Waals surface area contributed by atoms with Crippen molar-refractivity contribution < 1.29 is 34.0 Å². The lowest BCUT2D eigenvalue weighted by molar-refractivity contribution is -0.182. The number of hydrogen-bond acceptors (Lipinski definition) is 7. The summed E-state index contributed by atoms with van der Waals surface area (Å²) < 4.78 is 10.2. The minimum atomic E-state index is -1.06. The molecule has 2 rings (SSSR count). The van der Waals surface area contributed by atoms with E-state index in [9.17, 15) is 14.4 Å². The number of ether oxygens (including phenoxy) is 2. The van der Waals surface area contributed by atoms with Crippen LogP contribution in [0.1, 0.15) is 58.9 Å². The predicted octanol–water partition coefficient (Wildman–Crippen LogP) is 4.64. The standard InChI is InChI=1S/C21H22O7/c1-2-3-4-9-14-26-21(24)27-18-13-8-7-12-17(18)19(22)15-10-5-6-11-16(15)20(23)28-25/h5-8,10-13,25H,2-4,9,14H2,1H3. The van der Waals surface area contributed by atoms with Gasteiger partial charge in [0.25, 0.3) is 0 Å². The second kappa shape index (κ2) is 10.8. The lowest BCUT2D eigenvalue weighted by atomic mass is 9.98. The van der Waals surface area contributed by atoms with Crippen LogP contribution in [0.3, 0.4) is 0 Å². The van der Waals surface area contributed by atoms with E-state index in [0.717, 1.165) is 25.7 Å². The van der Waals surface area contributed by atoms with E-state index in [1.807, 2.05) is 0 Å². The second-order valence-corrected chi connectivity index (χ2v) is 6.01. The van der Waals surface area contributed by atoms with Crippen molar-refractivity contribution in [1.29, 1.82) is 0 Å². The Morgan fingerprint density at radius 1 is 0.857 bits per heavy atom. The Labute approximate surface area is 162 Å². The minimum absolute atomic E-state index is 0.00512. The highest BCUT2D eigenvalue weighted by atomic mass is 17.1. The zero-order chi connectivity index (χ0) is 20.4. The molecule has 0 bridgehead atoms. The third-order valence-electron chi connectivity index (χ3n) is 4.02. The van der Waals surface area contributed by atoms with Gasteiger partial charge in [-0.25, -0.2) is 9.59 Å². The molecule has 0 amide bonds. The number of hydrogen-bond donors (Lipinski definition) is 1. The van der Waals surface area contributed by atoms with E-state index in [1.54, 1.807) is 18.2 Å². The maximum Gasteiger partial charge on any atom is 0.513 e. The molecule has 0 aliphatic carbocycles. The fourth-order valence-corrected chi connectivity index (χ4v) is 2.60. The first kappa shape index (κ1) is 21.1. The summed E-state index contributed by atoms with van der Waals surface area (Å²) in [5.41, 5.74) is -0.0301. The first-order chi connectivity index (χ1) is 13.6. The number of rotatable bonds is 9. The molecule has 0 radical (unpaired) electrons. The van der Waals surface area contributed by atoms with Crippen LogP contribution in [-0.2, 0) is 9.62 Å². The fourth-order valence-electron chi connectivity index (χ4n) is 2.60. The molecule has 0 saturated carbocycles. The molecule has 0 spiro atoms. The molecule has 148 valence electrons. The maximum absolute atomic E-state index is 12.9. The summed E-state index contributed by atoms with van der Waals surface area (Å²) in [6, 6.07) is 12.0. The van der Waals surface area contributed by atoms with Gasteiger partial charge in [-0.2, -0.15) is 5.26 Å². The molecule has 2 aromatic rings. The highest BCUT2D eigenvalue weighted by Gasteiger charge is 2.22. The average Bonchev–Trinajstić information content (AvgIpc) is 2.73. The molecule has 0 heterocycles. The third-order valence-corrected chi connectivity index (χ3v) is 4.02. The van der Waals surface area contributed by atoms with Crippen LogP contribution in [0.2, 0.25) is 0 Å². The van der Waals surface area contributed by atoms with Gasteiger partial charge >= 0.3 is 12.1 Å². The van der Waals surface area contributed by atoms with Crippen molar-refractivity contribution in [2.24, 2.45) is 0 Å². The van der Waals surface area contributed by atoms with Gasteiger partial charge < -0.3 is 9.47 Å². The summed E-state index contributed by atoms with van der Waals surface area (Å²) in [5, 5.41) is 8.63. The molecule has 7 heteroatoms. The van der Waals surface area contributed by atoms with Gasteiger partial charge in [0.1, 0.15) is 5.75 Å². The summed E-state index contributed by atoms with van der Waals surface area (Å²) in [6.07, 6.45) is 2.92. The molecule has 0 saturated heterocycles. The zero-order valence-corrected chi connectivity index (χ0v) is 15.6. The topological polar surface area (TPSA) is 99.1 Å². The van der Waals surface area contributed by atoms with Crippen LogP contribution in [0.25, 0.3) is 0 Å². The summed E-state index contributed by atoms with van der Waals surface area (Å²) in [4.78, 5) is 40.2. The van der Waals surface area contributed by atoms with E-state index in [-0.39, 0.29) is 29.0 Å². The molecule has 0 aliphatic rings. The van der Waals surface area contributed by atoms with Crippen LogP contribution >= 0.6 is 0 Å². The molecule has 0 atom stereocenters. The normalized spacial score (nSPS) is 10.2. The van der Waals surface area contributed by atoms with Crippen LogP contribution in [0.15, 0.2) is 48.5 Å². The molecule has 28 heavy (non-hydrogen) atoms. The quantitative estimate of drug-likeness (QED) is 0.167. The van der Waals surface area contributed by atoms with E-state index >= 15 is 0 Å². The second-order valence-electron chi connectivity index (χ2n) is 6.01. The summed E-state index contributed by atoms with van der Waals surface area (Å²) in [6.45, 7) is 2.32. The average molecular weight is 386 g/mol. The number of para-hydroxylation sites is 1. The summed E-state index contributed by atoms with van der Waals surface area (Å²) in [7, 11) is 0. The SMILES string of the molecule is CCCCCCOC(=O)Oc1ccccc1C(=O)c1ccccc1C(=O)OO. The van der Waals surface area contributed by atoms with Crippen LogP contribution < -0.4 is 4.74 Å². The van der Waals surface area contributed by atoms with E-state index < -0.39 is 17.9 Å². The Balaban J connectivity index is 2.15. The van der Waals surface area contributed by atoms with Gasteiger partial charge in [-0.3, -0.25) is 9.68 Å². The van der Waals surface area contributed by atoms with Crippen molar-refractivity contribution in [2.45, 2.75) is 32.6 Å². The number of ketones is 1. The molecule has 7 nitrogen and oxygen atoms in total. The maximum atomic E-state index is 12.9. The minimum Gasteiger partial charge on any atom is -0.434 e. The number of unbranched alkanes of at least 4 members (excludes halogenated alkanes) is 3. The Morgan fingerprint density at radius 3 is 2.18 bits per heavy atom.